The monoisotopic (exact) mass is 294 g/mol. The fourth-order valence-corrected chi connectivity index (χ4v) is 2.81. The van der Waals surface area contributed by atoms with Crippen molar-refractivity contribution in [1.29, 1.82) is 0 Å². The zero-order chi connectivity index (χ0) is 14.7. The molecule has 2 unspecified atom stereocenters. The largest absolute Gasteiger partial charge is 0.491 e. The number of hydrogen-bond donors (Lipinski definition) is 2. The van der Waals surface area contributed by atoms with Crippen molar-refractivity contribution in [2.75, 3.05) is 26.2 Å². The summed E-state index contributed by atoms with van der Waals surface area (Å²) in [4.78, 5) is 2.54. The van der Waals surface area contributed by atoms with Crippen LogP contribution in [0.3, 0.4) is 0 Å². The Morgan fingerprint density at radius 2 is 2.05 bits per heavy atom. The molecule has 2 atom stereocenters. The maximum Gasteiger partial charge on any atom is 0.123 e. The second-order valence-corrected chi connectivity index (χ2v) is 6.04. The minimum atomic E-state index is -0.551. The molecule has 2 N–H and O–H groups in total. The van der Waals surface area contributed by atoms with Gasteiger partial charge in [0.25, 0.3) is 0 Å². The van der Waals surface area contributed by atoms with Crippen LogP contribution in [0.2, 0.25) is 0 Å². The molecule has 1 aliphatic carbocycles. The first-order valence-corrected chi connectivity index (χ1v) is 7.74. The Kier molecular flexibility index (Phi) is 4.73. The first-order valence-electron chi connectivity index (χ1n) is 7.74. The molecule has 5 heteroatoms. The zero-order valence-electron chi connectivity index (χ0n) is 12.2. The number of ether oxygens (including phenoxy) is 1. The average molecular weight is 294 g/mol. The molecule has 1 heterocycles. The minimum Gasteiger partial charge on any atom is -0.491 e. The van der Waals surface area contributed by atoms with E-state index in [-0.39, 0.29) is 12.4 Å². The van der Waals surface area contributed by atoms with Crippen molar-refractivity contribution in [1.82, 2.24) is 10.2 Å². The molecular formula is C16H23FN2O2. The smallest absolute Gasteiger partial charge is 0.123 e. The van der Waals surface area contributed by atoms with Crippen molar-refractivity contribution < 1.29 is 14.2 Å². The standard InChI is InChI=1S/C16H23FN2O2/c17-12-1-5-16(6-2-12)21-11-15(20)9-18-13-7-8-19(10-13)14-3-4-14/h1-2,5-6,13-15,18,20H,3-4,7-11H2. The van der Waals surface area contributed by atoms with Crippen LogP contribution in [-0.4, -0.2) is 54.4 Å². The van der Waals surface area contributed by atoms with E-state index in [2.05, 4.69) is 10.2 Å². The summed E-state index contributed by atoms with van der Waals surface area (Å²) < 4.78 is 18.2. The molecule has 0 aromatic heterocycles. The molecule has 21 heavy (non-hydrogen) atoms. The van der Waals surface area contributed by atoms with Gasteiger partial charge in [-0.1, -0.05) is 0 Å². The normalized spacial score (nSPS) is 24.2. The molecule has 1 saturated carbocycles. The molecule has 4 nitrogen and oxygen atoms in total. The zero-order valence-corrected chi connectivity index (χ0v) is 12.2. The lowest BCUT2D eigenvalue weighted by Gasteiger charge is -2.18. The van der Waals surface area contributed by atoms with Crippen molar-refractivity contribution in [3.8, 4) is 5.75 Å². The Morgan fingerprint density at radius 1 is 1.29 bits per heavy atom. The molecular weight excluding hydrogens is 271 g/mol. The van der Waals surface area contributed by atoms with Gasteiger partial charge in [0.05, 0.1) is 0 Å². The van der Waals surface area contributed by atoms with Crippen LogP contribution in [0.5, 0.6) is 5.75 Å². The number of benzene rings is 1. The molecule has 1 aliphatic heterocycles. The summed E-state index contributed by atoms with van der Waals surface area (Å²) in [6.07, 6.45) is 3.30. The third kappa shape index (κ3) is 4.40. The van der Waals surface area contributed by atoms with E-state index in [0.717, 1.165) is 19.0 Å². The van der Waals surface area contributed by atoms with Gasteiger partial charge >= 0.3 is 0 Å². The van der Waals surface area contributed by atoms with Gasteiger partial charge < -0.3 is 15.2 Å². The van der Waals surface area contributed by atoms with Crippen molar-refractivity contribution >= 4 is 0 Å². The molecule has 116 valence electrons. The maximum absolute atomic E-state index is 12.8. The van der Waals surface area contributed by atoms with Gasteiger partial charge in [-0.2, -0.15) is 0 Å². The Labute approximate surface area is 124 Å². The number of nitrogens with one attached hydrogen (secondary N) is 1. The number of aliphatic hydroxyl groups excluding tert-OH is 1. The van der Waals surface area contributed by atoms with Crippen molar-refractivity contribution in [3.05, 3.63) is 30.1 Å². The van der Waals surface area contributed by atoms with E-state index in [9.17, 15) is 9.50 Å². The maximum atomic E-state index is 12.8. The third-order valence-corrected chi connectivity index (χ3v) is 4.18. The lowest BCUT2D eigenvalue weighted by molar-refractivity contribution is 0.103. The summed E-state index contributed by atoms with van der Waals surface area (Å²) in [5, 5.41) is 13.3. The van der Waals surface area contributed by atoms with Gasteiger partial charge in [0, 0.05) is 31.7 Å². The summed E-state index contributed by atoms with van der Waals surface area (Å²) in [7, 11) is 0. The predicted molar refractivity (Wildman–Crippen MR) is 78.9 cm³/mol. The Hall–Kier alpha value is -1.17. The second-order valence-electron chi connectivity index (χ2n) is 6.04. The molecule has 1 saturated heterocycles. The average Bonchev–Trinajstić information content (AvgIpc) is 3.23. The van der Waals surface area contributed by atoms with Crippen molar-refractivity contribution in [3.63, 3.8) is 0 Å². The summed E-state index contributed by atoms with van der Waals surface area (Å²) in [6, 6.07) is 7.14. The summed E-state index contributed by atoms with van der Waals surface area (Å²) in [6.45, 7) is 3.02. The van der Waals surface area contributed by atoms with E-state index >= 15 is 0 Å². The number of nitrogens with zero attached hydrogens (tertiary/aromatic N) is 1. The first kappa shape index (κ1) is 14.8. The van der Waals surface area contributed by atoms with Crippen LogP contribution in [-0.2, 0) is 0 Å². The quantitative estimate of drug-likeness (QED) is 0.798. The van der Waals surface area contributed by atoms with Crippen LogP contribution < -0.4 is 10.1 Å². The molecule has 0 bridgehead atoms. The molecule has 1 aromatic rings. The molecule has 2 fully saturated rings. The summed E-state index contributed by atoms with van der Waals surface area (Å²) in [5.41, 5.74) is 0. The fraction of sp³-hybridized carbons (Fsp3) is 0.625. The van der Waals surface area contributed by atoms with E-state index in [1.807, 2.05) is 0 Å². The molecule has 0 spiro atoms. The topological polar surface area (TPSA) is 44.7 Å². The molecule has 2 aliphatic rings. The van der Waals surface area contributed by atoms with Crippen molar-refractivity contribution in [2.24, 2.45) is 0 Å². The number of likely N-dealkylation sites (tertiary alicyclic amines) is 1. The number of halogens is 1. The van der Waals surface area contributed by atoms with E-state index in [1.165, 1.54) is 31.5 Å². The van der Waals surface area contributed by atoms with E-state index in [1.54, 1.807) is 12.1 Å². The van der Waals surface area contributed by atoms with Gasteiger partial charge in [0.1, 0.15) is 24.3 Å². The number of aliphatic hydroxyl groups is 1. The second kappa shape index (κ2) is 6.73. The highest BCUT2D eigenvalue weighted by atomic mass is 19.1. The third-order valence-electron chi connectivity index (χ3n) is 4.18. The minimum absolute atomic E-state index is 0.220. The van der Waals surface area contributed by atoms with Gasteiger partial charge in [-0.25, -0.2) is 4.39 Å². The Morgan fingerprint density at radius 3 is 2.76 bits per heavy atom. The molecule has 0 amide bonds. The number of hydrogen-bond acceptors (Lipinski definition) is 4. The predicted octanol–water partition coefficient (Wildman–Crippen LogP) is 1.39. The van der Waals surface area contributed by atoms with Gasteiger partial charge in [0.15, 0.2) is 0 Å². The highest BCUT2D eigenvalue weighted by molar-refractivity contribution is 5.22. The van der Waals surface area contributed by atoms with Crippen LogP contribution in [0.15, 0.2) is 24.3 Å². The molecule has 1 aromatic carbocycles. The lowest BCUT2D eigenvalue weighted by atomic mass is 10.2. The summed E-state index contributed by atoms with van der Waals surface area (Å²) >= 11 is 0. The lowest BCUT2D eigenvalue weighted by Crippen LogP contribution is -2.39. The van der Waals surface area contributed by atoms with Gasteiger partial charge in [-0.05, 0) is 43.5 Å². The van der Waals surface area contributed by atoms with Crippen LogP contribution >= 0.6 is 0 Å². The van der Waals surface area contributed by atoms with Crippen molar-refractivity contribution in [2.45, 2.75) is 37.5 Å². The van der Waals surface area contributed by atoms with E-state index < -0.39 is 6.10 Å². The van der Waals surface area contributed by atoms with Crippen LogP contribution in [0.1, 0.15) is 19.3 Å². The Balaban J connectivity index is 1.32. The van der Waals surface area contributed by atoms with Gasteiger partial charge in [0.2, 0.25) is 0 Å². The highest BCUT2D eigenvalue weighted by Gasteiger charge is 2.34. The van der Waals surface area contributed by atoms with Crippen LogP contribution in [0.4, 0.5) is 4.39 Å². The van der Waals surface area contributed by atoms with Gasteiger partial charge in [-0.3, -0.25) is 4.90 Å². The number of rotatable bonds is 7. The van der Waals surface area contributed by atoms with E-state index in [4.69, 9.17) is 4.74 Å². The SMILES string of the molecule is OC(CNC1CCN(C2CC2)C1)COc1ccc(F)cc1. The Bertz CT molecular complexity index is 450. The first-order chi connectivity index (χ1) is 10.2. The highest BCUT2D eigenvalue weighted by Crippen LogP contribution is 2.29. The van der Waals surface area contributed by atoms with Gasteiger partial charge in [-0.15, -0.1) is 0 Å². The molecule has 0 radical (unpaired) electrons. The fourth-order valence-electron chi connectivity index (χ4n) is 2.81. The van der Waals surface area contributed by atoms with Crippen LogP contribution in [0.25, 0.3) is 0 Å². The molecule has 3 rings (SSSR count). The summed E-state index contributed by atoms with van der Waals surface area (Å²) in [5.74, 6) is 0.294. The van der Waals surface area contributed by atoms with Crippen LogP contribution in [0, 0.1) is 5.82 Å². The van der Waals surface area contributed by atoms with E-state index in [0.29, 0.717) is 18.3 Å².